The maximum absolute atomic E-state index is 6.06. The molecule has 3 aromatic heterocycles. The van der Waals surface area contributed by atoms with Crippen LogP contribution >= 0.6 is 11.6 Å². The highest BCUT2D eigenvalue weighted by Gasteiger charge is 2.26. The Bertz CT molecular complexity index is 746. The number of fused-ring (bicyclic) bond motifs is 2. The summed E-state index contributed by atoms with van der Waals surface area (Å²) in [5, 5.41) is 11.9. The second-order valence-corrected chi connectivity index (χ2v) is 4.94. The number of rotatable bonds is 1. The third-order valence-electron chi connectivity index (χ3n) is 3.51. The lowest BCUT2D eigenvalue weighted by Gasteiger charge is -2.23. The maximum Gasteiger partial charge on any atom is 0.133 e. The number of nitrogens with one attached hydrogen (secondary N) is 3. The Morgan fingerprint density at radius 3 is 3.21 bits per heavy atom. The molecule has 4 rings (SSSR count). The van der Waals surface area contributed by atoms with Crippen LogP contribution in [0.2, 0.25) is 5.15 Å². The summed E-state index contributed by atoms with van der Waals surface area (Å²) in [5.41, 5.74) is 4.02. The van der Waals surface area contributed by atoms with Crippen molar-refractivity contribution >= 4 is 22.5 Å². The molecule has 0 unspecified atom stereocenters. The molecule has 3 aromatic rings. The van der Waals surface area contributed by atoms with E-state index in [0.29, 0.717) is 5.15 Å². The average molecular weight is 275 g/mol. The van der Waals surface area contributed by atoms with E-state index in [1.54, 1.807) is 12.5 Å². The number of nitrogens with zero attached hydrogens (tertiary/aromatic N) is 3. The third kappa shape index (κ3) is 1.57. The van der Waals surface area contributed by atoms with Gasteiger partial charge < -0.3 is 10.3 Å². The SMILES string of the molecule is Clc1[nH]nc2c([C@@H]3NCCc4[nH]cnc43)cncc12. The Kier molecular flexibility index (Phi) is 2.33. The zero-order valence-electron chi connectivity index (χ0n) is 9.94. The molecule has 96 valence electrons. The number of aromatic amines is 2. The first-order valence-corrected chi connectivity index (χ1v) is 6.45. The summed E-state index contributed by atoms with van der Waals surface area (Å²) in [6.07, 6.45) is 6.23. The molecule has 1 atom stereocenters. The molecule has 0 aliphatic carbocycles. The Hall–Kier alpha value is -1.92. The fourth-order valence-corrected chi connectivity index (χ4v) is 2.79. The standard InChI is InChI=1S/C12H11ClN6/c13-12-7-4-14-3-6(9(7)18-19-12)10-11-8(1-2-15-10)16-5-17-11/h3-5,10,15H,1-2H2,(H,16,17)(H,18,19)/t10-/m0/s1. The number of imidazole rings is 1. The van der Waals surface area contributed by atoms with Gasteiger partial charge in [-0.2, -0.15) is 5.10 Å². The van der Waals surface area contributed by atoms with Gasteiger partial charge in [0, 0.05) is 36.6 Å². The van der Waals surface area contributed by atoms with E-state index in [9.17, 15) is 0 Å². The Morgan fingerprint density at radius 1 is 1.32 bits per heavy atom. The smallest absolute Gasteiger partial charge is 0.133 e. The number of pyridine rings is 1. The Morgan fingerprint density at radius 2 is 2.26 bits per heavy atom. The lowest BCUT2D eigenvalue weighted by Crippen LogP contribution is -2.31. The second-order valence-electron chi connectivity index (χ2n) is 4.57. The summed E-state index contributed by atoms with van der Waals surface area (Å²) in [4.78, 5) is 11.9. The van der Waals surface area contributed by atoms with Crippen LogP contribution in [-0.4, -0.2) is 31.7 Å². The molecule has 0 aromatic carbocycles. The monoisotopic (exact) mass is 274 g/mol. The maximum atomic E-state index is 6.06. The molecule has 0 radical (unpaired) electrons. The molecular formula is C12H11ClN6. The second kappa shape index (κ2) is 4.04. The third-order valence-corrected chi connectivity index (χ3v) is 3.80. The van der Waals surface area contributed by atoms with Gasteiger partial charge in [0.05, 0.1) is 23.4 Å². The van der Waals surface area contributed by atoms with Crippen LogP contribution in [0.3, 0.4) is 0 Å². The number of H-pyrrole nitrogens is 2. The topological polar surface area (TPSA) is 82.3 Å². The molecule has 1 aliphatic rings. The normalized spacial score (nSPS) is 18.7. The highest BCUT2D eigenvalue weighted by molar-refractivity contribution is 6.34. The van der Waals surface area contributed by atoms with E-state index in [4.69, 9.17) is 11.6 Å². The molecule has 0 saturated carbocycles. The van der Waals surface area contributed by atoms with Crippen LogP contribution in [0.1, 0.15) is 23.0 Å². The van der Waals surface area contributed by atoms with Gasteiger partial charge in [0.25, 0.3) is 0 Å². The van der Waals surface area contributed by atoms with Crippen LogP contribution in [-0.2, 0) is 6.42 Å². The van der Waals surface area contributed by atoms with Gasteiger partial charge in [0.1, 0.15) is 10.7 Å². The van der Waals surface area contributed by atoms with Crippen LogP contribution in [0.5, 0.6) is 0 Å². The van der Waals surface area contributed by atoms with Gasteiger partial charge in [0.15, 0.2) is 0 Å². The molecule has 0 bridgehead atoms. The van der Waals surface area contributed by atoms with Crippen molar-refractivity contribution in [2.45, 2.75) is 12.5 Å². The molecule has 1 aliphatic heterocycles. The average Bonchev–Trinajstić information content (AvgIpc) is 3.05. The summed E-state index contributed by atoms with van der Waals surface area (Å²) < 4.78 is 0. The molecule has 4 heterocycles. The van der Waals surface area contributed by atoms with Gasteiger partial charge >= 0.3 is 0 Å². The van der Waals surface area contributed by atoms with Gasteiger partial charge in [-0.1, -0.05) is 11.6 Å². The summed E-state index contributed by atoms with van der Waals surface area (Å²) in [6, 6.07) is 0.00515. The zero-order valence-corrected chi connectivity index (χ0v) is 10.7. The van der Waals surface area contributed by atoms with Crippen LogP contribution in [0, 0.1) is 0 Å². The molecule has 0 fully saturated rings. The number of halogens is 1. The van der Waals surface area contributed by atoms with Crippen molar-refractivity contribution in [3.05, 3.63) is 40.8 Å². The predicted molar refractivity (Wildman–Crippen MR) is 71.0 cm³/mol. The highest BCUT2D eigenvalue weighted by atomic mass is 35.5. The minimum absolute atomic E-state index is 0.00515. The summed E-state index contributed by atoms with van der Waals surface area (Å²) in [7, 11) is 0. The van der Waals surface area contributed by atoms with Crippen LogP contribution in [0.4, 0.5) is 0 Å². The molecule has 6 nitrogen and oxygen atoms in total. The van der Waals surface area contributed by atoms with E-state index in [-0.39, 0.29) is 6.04 Å². The molecule has 0 saturated heterocycles. The van der Waals surface area contributed by atoms with Gasteiger partial charge in [-0.3, -0.25) is 10.1 Å². The van der Waals surface area contributed by atoms with Crippen LogP contribution in [0.25, 0.3) is 10.9 Å². The van der Waals surface area contributed by atoms with Gasteiger partial charge in [-0.15, -0.1) is 0 Å². The Balaban J connectivity index is 1.93. The fraction of sp³-hybridized carbons (Fsp3) is 0.250. The summed E-state index contributed by atoms with van der Waals surface area (Å²) >= 11 is 6.06. The first-order chi connectivity index (χ1) is 9.34. The molecule has 0 spiro atoms. The summed E-state index contributed by atoms with van der Waals surface area (Å²) in [5.74, 6) is 0. The van der Waals surface area contributed by atoms with E-state index >= 15 is 0 Å². The van der Waals surface area contributed by atoms with Crippen molar-refractivity contribution in [1.82, 2.24) is 30.5 Å². The van der Waals surface area contributed by atoms with Gasteiger partial charge in [-0.25, -0.2) is 4.98 Å². The number of hydrogen-bond donors (Lipinski definition) is 3. The number of hydrogen-bond acceptors (Lipinski definition) is 4. The largest absolute Gasteiger partial charge is 0.348 e. The van der Waals surface area contributed by atoms with E-state index < -0.39 is 0 Å². The van der Waals surface area contributed by atoms with Crippen molar-refractivity contribution in [2.24, 2.45) is 0 Å². The highest BCUT2D eigenvalue weighted by Crippen LogP contribution is 2.31. The number of aromatic nitrogens is 5. The predicted octanol–water partition coefficient (Wildman–Crippen LogP) is 1.57. The van der Waals surface area contributed by atoms with Crippen LogP contribution in [0.15, 0.2) is 18.7 Å². The van der Waals surface area contributed by atoms with Gasteiger partial charge in [0.2, 0.25) is 0 Å². The molecule has 3 N–H and O–H groups in total. The quantitative estimate of drug-likeness (QED) is 0.629. The van der Waals surface area contributed by atoms with Crippen molar-refractivity contribution in [3.63, 3.8) is 0 Å². The molecule has 7 heteroatoms. The van der Waals surface area contributed by atoms with Crippen molar-refractivity contribution in [2.75, 3.05) is 6.54 Å². The Labute approximate surface area is 113 Å². The van der Waals surface area contributed by atoms with Gasteiger partial charge in [-0.05, 0) is 0 Å². The van der Waals surface area contributed by atoms with Crippen molar-refractivity contribution in [1.29, 1.82) is 0 Å². The zero-order chi connectivity index (χ0) is 12.8. The first-order valence-electron chi connectivity index (χ1n) is 6.07. The lowest BCUT2D eigenvalue weighted by molar-refractivity contribution is 0.554. The first kappa shape index (κ1) is 11.0. The van der Waals surface area contributed by atoms with E-state index in [1.807, 2.05) is 6.20 Å². The lowest BCUT2D eigenvalue weighted by atomic mass is 9.98. The van der Waals surface area contributed by atoms with Crippen LogP contribution < -0.4 is 5.32 Å². The molecule has 19 heavy (non-hydrogen) atoms. The molecular weight excluding hydrogens is 264 g/mol. The fourth-order valence-electron chi connectivity index (χ4n) is 2.61. The van der Waals surface area contributed by atoms with Crippen molar-refractivity contribution < 1.29 is 0 Å². The minimum atomic E-state index is 0.00515. The van der Waals surface area contributed by atoms with Crippen molar-refractivity contribution in [3.8, 4) is 0 Å². The van der Waals surface area contributed by atoms with E-state index in [2.05, 4.69) is 30.5 Å². The van der Waals surface area contributed by atoms with E-state index in [1.165, 1.54) is 5.69 Å². The minimum Gasteiger partial charge on any atom is -0.348 e. The summed E-state index contributed by atoms with van der Waals surface area (Å²) in [6.45, 7) is 0.897. The van der Waals surface area contributed by atoms with E-state index in [0.717, 1.165) is 35.1 Å². The molecule has 0 amide bonds.